The van der Waals surface area contributed by atoms with Gasteiger partial charge in [-0.1, -0.05) is 33.1 Å². The maximum absolute atomic E-state index is 5.38. The Morgan fingerprint density at radius 2 is 1.91 bits per heavy atom. The molecule has 1 aliphatic rings. The molecule has 0 saturated carbocycles. The smallest absolute Gasteiger partial charge is 0.191 e. The third-order valence-electron chi connectivity index (χ3n) is 4.22. The number of hydrogen-bond donors (Lipinski definition) is 2. The van der Waals surface area contributed by atoms with Gasteiger partial charge in [0.15, 0.2) is 5.96 Å². The van der Waals surface area contributed by atoms with Crippen molar-refractivity contribution in [1.82, 2.24) is 15.5 Å². The van der Waals surface area contributed by atoms with Gasteiger partial charge in [-0.2, -0.15) is 0 Å². The van der Waals surface area contributed by atoms with Gasteiger partial charge < -0.3 is 15.4 Å². The number of guanidine groups is 1. The lowest BCUT2D eigenvalue weighted by Crippen LogP contribution is -2.44. The second-order valence-electron chi connectivity index (χ2n) is 6.02. The Morgan fingerprint density at radius 1 is 1.17 bits per heavy atom. The minimum absolute atomic E-state index is 0. The predicted octanol–water partition coefficient (Wildman–Crippen LogP) is 2.71. The second-order valence-corrected chi connectivity index (χ2v) is 6.02. The summed E-state index contributed by atoms with van der Waals surface area (Å²) in [6, 6.07) is 0. The van der Waals surface area contributed by atoms with Crippen LogP contribution < -0.4 is 10.6 Å². The molecule has 6 heteroatoms. The van der Waals surface area contributed by atoms with Crippen molar-refractivity contribution in [3.8, 4) is 0 Å². The fourth-order valence-electron chi connectivity index (χ4n) is 2.64. The first kappa shape index (κ1) is 22.9. The number of aliphatic imine (C=N–C) groups is 1. The molecule has 0 aromatic heterocycles. The maximum Gasteiger partial charge on any atom is 0.191 e. The molecule has 5 nitrogen and oxygen atoms in total. The van der Waals surface area contributed by atoms with Crippen LogP contribution in [0.1, 0.15) is 46.5 Å². The van der Waals surface area contributed by atoms with Crippen LogP contribution in [-0.2, 0) is 4.74 Å². The zero-order chi connectivity index (χ0) is 16.0. The number of halogens is 1. The molecule has 0 amide bonds. The van der Waals surface area contributed by atoms with Gasteiger partial charge in [0.05, 0.1) is 13.2 Å². The van der Waals surface area contributed by atoms with Crippen LogP contribution in [0.3, 0.4) is 0 Å². The van der Waals surface area contributed by atoms with Crippen molar-refractivity contribution < 1.29 is 4.74 Å². The Labute approximate surface area is 160 Å². The molecule has 1 fully saturated rings. The number of morpholine rings is 1. The van der Waals surface area contributed by atoms with Crippen LogP contribution in [0.25, 0.3) is 0 Å². The summed E-state index contributed by atoms with van der Waals surface area (Å²) >= 11 is 0. The number of hydrogen-bond acceptors (Lipinski definition) is 3. The van der Waals surface area contributed by atoms with E-state index < -0.39 is 0 Å². The summed E-state index contributed by atoms with van der Waals surface area (Å²) < 4.78 is 5.38. The van der Waals surface area contributed by atoms with Crippen LogP contribution in [0.15, 0.2) is 4.99 Å². The molecule has 2 N–H and O–H groups in total. The Balaban J connectivity index is 0.00000484. The van der Waals surface area contributed by atoms with Crippen molar-refractivity contribution in [2.75, 3.05) is 52.5 Å². The minimum atomic E-state index is 0. The summed E-state index contributed by atoms with van der Waals surface area (Å²) in [5, 5.41) is 6.81. The topological polar surface area (TPSA) is 48.9 Å². The Kier molecular flexibility index (Phi) is 15.4. The highest BCUT2D eigenvalue weighted by molar-refractivity contribution is 14.0. The SMILES string of the molecule is CCCCC(CC)CN=C(NCC)NCCN1CCOCC1.I. The van der Waals surface area contributed by atoms with Gasteiger partial charge in [-0.25, -0.2) is 0 Å². The highest BCUT2D eigenvalue weighted by Crippen LogP contribution is 2.12. The summed E-state index contributed by atoms with van der Waals surface area (Å²) in [5.41, 5.74) is 0. The van der Waals surface area contributed by atoms with E-state index in [1.54, 1.807) is 0 Å². The van der Waals surface area contributed by atoms with Crippen LogP contribution in [-0.4, -0.2) is 63.3 Å². The van der Waals surface area contributed by atoms with E-state index in [9.17, 15) is 0 Å². The largest absolute Gasteiger partial charge is 0.379 e. The monoisotopic (exact) mass is 440 g/mol. The first-order valence-electron chi connectivity index (χ1n) is 9.12. The summed E-state index contributed by atoms with van der Waals surface area (Å²) in [7, 11) is 0. The quantitative estimate of drug-likeness (QED) is 0.312. The molecular formula is C17H37IN4O. The Bertz CT molecular complexity index is 296. The number of nitrogens with zero attached hydrogens (tertiary/aromatic N) is 2. The average Bonchev–Trinajstić information content (AvgIpc) is 2.56. The highest BCUT2D eigenvalue weighted by atomic mass is 127. The fourth-order valence-corrected chi connectivity index (χ4v) is 2.64. The van der Waals surface area contributed by atoms with Gasteiger partial charge >= 0.3 is 0 Å². The molecule has 0 aliphatic carbocycles. The fraction of sp³-hybridized carbons (Fsp3) is 0.941. The van der Waals surface area contributed by atoms with E-state index >= 15 is 0 Å². The van der Waals surface area contributed by atoms with E-state index in [-0.39, 0.29) is 24.0 Å². The molecule has 0 aromatic rings. The van der Waals surface area contributed by atoms with Crippen LogP contribution in [0.2, 0.25) is 0 Å². The van der Waals surface area contributed by atoms with E-state index in [0.29, 0.717) is 0 Å². The van der Waals surface area contributed by atoms with E-state index in [4.69, 9.17) is 9.73 Å². The molecule has 23 heavy (non-hydrogen) atoms. The third-order valence-corrected chi connectivity index (χ3v) is 4.22. The first-order chi connectivity index (χ1) is 10.8. The van der Waals surface area contributed by atoms with Crippen molar-refractivity contribution in [2.45, 2.75) is 46.5 Å². The Morgan fingerprint density at radius 3 is 2.52 bits per heavy atom. The van der Waals surface area contributed by atoms with Gasteiger partial charge in [0.1, 0.15) is 0 Å². The van der Waals surface area contributed by atoms with Crippen molar-refractivity contribution in [1.29, 1.82) is 0 Å². The van der Waals surface area contributed by atoms with Crippen LogP contribution in [0.4, 0.5) is 0 Å². The van der Waals surface area contributed by atoms with Crippen molar-refractivity contribution in [3.05, 3.63) is 0 Å². The lowest BCUT2D eigenvalue weighted by Gasteiger charge is -2.26. The van der Waals surface area contributed by atoms with E-state index in [1.165, 1.54) is 25.7 Å². The van der Waals surface area contributed by atoms with E-state index in [0.717, 1.165) is 64.4 Å². The van der Waals surface area contributed by atoms with Gasteiger partial charge in [0.2, 0.25) is 0 Å². The summed E-state index contributed by atoms with van der Waals surface area (Å²) in [6.07, 6.45) is 5.10. The lowest BCUT2D eigenvalue weighted by atomic mass is 10.00. The summed E-state index contributed by atoms with van der Waals surface area (Å²) in [4.78, 5) is 7.21. The average molecular weight is 440 g/mol. The number of rotatable bonds is 10. The van der Waals surface area contributed by atoms with E-state index in [2.05, 4.69) is 36.3 Å². The Hall–Kier alpha value is -0.0800. The molecular weight excluding hydrogens is 403 g/mol. The molecule has 1 saturated heterocycles. The van der Waals surface area contributed by atoms with Gasteiger partial charge in [-0.05, 0) is 19.3 Å². The van der Waals surface area contributed by atoms with Crippen LogP contribution in [0.5, 0.6) is 0 Å². The predicted molar refractivity (Wildman–Crippen MR) is 110 cm³/mol. The standard InChI is InChI=1S/C17H36N4O.HI/c1-4-7-8-16(5-2)15-20-17(18-6-3)19-9-10-21-11-13-22-14-12-21;/h16H,4-15H2,1-3H3,(H2,18,19,20);1H. The summed E-state index contributed by atoms with van der Waals surface area (Å²) in [6.45, 7) is 14.3. The van der Waals surface area contributed by atoms with Crippen molar-refractivity contribution in [2.24, 2.45) is 10.9 Å². The minimum Gasteiger partial charge on any atom is -0.379 e. The van der Waals surface area contributed by atoms with Gasteiger partial charge in [-0.15, -0.1) is 24.0 Å². The number of unbranched alkanes of at least 4 members (excludes halogenated alkanes) is 1. The molecule has 1 rings (SSSR count). The van der Waals surface area contributed by atoms with Crippen LogP contribution in [0, 0.1) is 5.92 Å². The molecule has 1 aliphatic heterocycles. The molecule has 0 bridgehead atoms. The maximum atomic E-state index is 5.38. The molecule has 138 valence electrons. The third kappa shape index (κ3) is 11.2. The van der Waals surface area contributed by atoms with Gasteiger partial charge in [-0.3, -0.25) is 9.89 Å². The first-order valence-corrected chi connectivity index (χ1v) is 9.12. The molecule has 0 spiro atoms. The molecule has 0 radical (unpaired) electrons. The van der Waals surface area contributed by atoms with Crippen molar-refractivity contribution >= 4 is 29.9 Å². The molecule has 0 aromatic carbocycles. The molecule has 1 heterocycles. The van der Waals surface area contributed by atoms with Gasteiger partial charge in [0.25, 0.3) is 0 Å². The normalized spacial score (nSPS) is 17.4. The van der Waals surface area contributed by atoms with E-state index in [1.807, 2.05) is 0 Å². The van der Waals surface area contributed by atoms with Gasteiger partial charge in [0, 0.05) is 39.3 Å². The second kappa shape index (κ2) is 15.4. The highest BCUT2D eigenvalue weighted by Gasteiger charge is 2.10. The lowest BCUT2D eigenvalue weighted by molar-refractivity contribution is 0.0389. The van der Waals surface area contributed by atoms with Crippen LogP contribution >= 0.6 is 24.0 Å². The molecule has 1 unspecified atom stereocenters. The molecule has 1 atom stereocenters. The number of nitrogens with one attached hydrogen (secondary N) is 2. The zero-order valence-electron chi connectivity index (χ0n) is 15.3. The number of ether oxygens (including phenoxy) is 1. The van der Waals surface area contributed by atoms with Crippen molar-refractivity contribution in [3.63, 3.8) is 0 Å². The zero-order valence-corrected chi connectivity index (χ0v) is 17.6. The summed E-state index contributed by atoms with van der Waals surface area (Å²) in [5.74, 6) is 1.68.